The Morgan fingerprint density at radius 3 is 2.50 bits per heavy atom. The molecule has 5 aromatic rings. The molecule has 0 bridgehead atoms. The van der Waals surface area contributed by atoms with Crippen LogP contribution in [0.2, 0.25) is 0 Å². The largest absolute Gasteiger partial charge is 0.361 e. The summed E-state index contributed by atoms with van der Waals surface area (Å²) in [6.45, 7) is 0.557. The molecule has 1 amide bonds. The maximum absolute atomic E-state index is 13.6. The summed E-state index contributed by atoms with van der Waals surface area (Å²) in [6.07, 6.45) is 6.75. The highest BCUT2D eigenvalue weighted by molar-refractivity contribution is 6.20. The van der Waals surface area contributed by atoms with E-state index in [0.717, 1.165) is 34.0 Å². The Morgan fingerprint density at radius 2 is 1.65 bits per heavy atom. The van der Waals surface area contributed by atoms with Crippen LogP contribution in [0.1, 0.15) is 16.7 Å². The van der Waals surface area contributed by atoms with Gasteiger partial charge in [-0.3, -0.25) is 9.69 Å². The van der Waals surface area contributed by atoms with Crippen molar-refractivity contribution in [2.75, 3.05) is 6.54 Å². The molecule has 34 heavy (non-hydrogen) atoms. The molecule has 3 aromatic carbocycles. The van der Waals surface area contributed by atoms with Gasteiger partial charge >= 0.3 is 0 Å². The number of nitrogens with one attached hydrogen (secondary N) is 1. The number of benzene rings is 3. The van der Waals surface area contributed by atoms with Gasteiger partial charge in [-0.2, -0.15) is 0 Å². The van der Waals surface area contributed by atoms with Crippen LogP contribution < -0.4 is 0 Å². The van der Waals surface area contributed by atoms with Crippen LogP contribution in [0, 0.1) is 0 Å². The number of fused-ring (bicyclic) bond motifs is 2. The predicted molar refractivity (Wildman–Crippen MR) is 138 cm³/mol. The van der Waals surface area contributed by atoms with Crippen molar-refractivity contribution in [3.63, 3.8) is 0 Å². The lowest BCUT2D eigenvalue weighted by Gasteiger charge is -2.18. The number of amidine groups is 1. The summed E-state index contributed by atoms with van der Waals surface area (Å²) in [5, 5.41) is 2.30. The zero-order chi connectivity index (χ0) is 23.1. The van der Waals surface area contributed by atoms with Crippen LogP contribution in [0.15, 0.2) is 102 Å². The molecule has 0 radical (unpaired) electrons. The predicted octanol–water partition coefficient (Wildman–Crippen LogP) is 5.53. The Kier molecular flexibility index (Phi) is 4.88. The average molecular weight is 445 g/mol. The Morgan fingerprint density at radius 1 is 0.912 bits per heavy atom. The van der Waals surface area contributed by atoms with Crippen LogP contribution in [-0.2, 0) is 18.3 Å². The molecule has 1 aliphatic heterocycles. The highest BCUT2D eigenvalue weighted by atomic mass is 16.2. The van der Waals surface area contributed by atoms with Gasteiger partial charge in [-0.15, -0.1) is 0 Å². The minimum Gasteiger partial charge on any atom is -0.361 e. The number of aryl methyl sites for hydroxylation is 1. The SMILES string of the molecule is Cn1cc(/C=C2\N=C(c3ccccc3)N(CCc3c[nH]c4ccccc34)C2=O)c2ccccc21. The second-order valence-electron chi connectivity index (χ2n) is 8.61. The Labute approximate surface area is 197 Å². The van der Waals surface area contributed by atoms with Gasteiger partial charge in [-0.25, -0.2) is 4.99 Å². The number of aliphatic imine (C=N–C) groups is 1. The Balaban J connectivity index is 1.37. The summed E-state index contributed by atoms with van der Waals surface area (Å²) < 4.78 is 2.08. The molecule has 0 unspecified atom stereocenters. The molecule has 6 rings (SSSR count). The monoisotopic (exact) mass is 444 g/mol. The number of carbonyl (C=O) groups excluding carboxylic acids is 1. The van der Waals surface area contributed by atoms with E-state index in [4.69, 9.17) is 4.99 Å². The van der Waals surface area contributed by atoms with Crippen molar-refractivity contribution in [1.82, 2.24) is 14.5 Å². The molecule has 3 heterocycles. The van der Waals surface area contributed by atoms with Gasteiger partial charge in [0.15, 0.2) is 0 Å². The van der Waals surface area contributed by atoms with Gasteiger partial charge in [0.2, 0.25) is 0 Å². The fraction of sp³-hybridized carbons (Fsp3) is 0.103. The molecule has 0 fully saturated rings. The fourth-order valence-electron chi connectivity index (χ4n) is 4.77. The van der Waals surface area contributed by atoms with Gasteiger partial charge in [0.05, 0.1) is 0 Å². The van der Waals surface area contributed by atoms with E-state index in [0.29, 0.717) is 18.1 Å². The van der Waals surface area contributed by atoms with E-state index in [9.17, 15) is 4.79 Å². The van der Waals surface area contributed by atoms with Crippen molar-refractivity contribution < 1.29 is 4.79 Å². The van der Waals surface area contributed by atoms with Crippen molar-refractivity contribution in [1.29, 1.82) is 0 Å². The number of H-pyrrole nitrogens is 1. The quantitative estimate of drug-likeness (QED) is 0.356. The van der Waals surface area contributed by atoms with E-state index < -0.39 is 0 Å². The van der Waals surface area contributed by atoms with Crippen LogP contribution in [0.25, 0.3) is 27.9 Å². The molecule has 0 aliphatic carbocycles. The number of amides is 1. The van der Waals surface area contributed by atoms with Crippen LogP contribution in [0.5, 0.6) is 0 Å². The van der Waals surface area contributed by atoms with Crippen molar-refractivity contribution >= 4 is 39.6 Å². The molecule has 2 aromatic heterocycles. The molecule has 5 heteroatoms. The lowest BCUT2D eigenvalue weighted by atomic mass is 10.1. The molecular formula is C29H24N4O. The maximum atomic E-state index is 13.6. The molecule has 0 saturated carbocycles. The standard InChI is InChI=1S/C29H24N4O/c1-32-19-22(24-12-6-8-14-27(24)32)17-26-29(34)33(28(31-26)20-9-3-2-4-10-20)16-15-21-18-30-25-13-7-5-11-23(21)25/h2-14,17-19,30H,15-16H2,1H3/b26-17-. The van der Waals surface area contributed by atoms with Gasteiger partial charge in [0.1, 0.15) is 11.5 Å². The summed E-state index contributed by atoms with van der Waals surface area (Å²) in [5.41, 5.74) is 5.84. The minimum absolute atomic E-state index is 0.0633. The normalized spacial score (nSPS) is 15.1. The van der Waals surface area contributed by atoms with Gasteiger partial charge < -0.3 is 9.55 Å². The molecule has 166 valence electrons. The first-order chi connectivity index (χ1) is 16.7. The average Bonchev–Trinajstić information content (AvgIpc) is 3.53. The highest BCUT2D eigenvalue weighted by Crippen LogP contribution is 2.27. The molecule has 0 spiro atoms. The zero-order valence-corrected chi connectivity index (χ0v) is 18.9. The van der Waals surface area contributed by atoms with E-state index >= 15 is 0 Å². The Bertz CT molecular complexity index is 1590. The maximum Gasteiger partial charge on any atom is 0.278 e. The summed E-state index contributed by atoms with van der Waals surface area (Å²) in [7, 11) is 2.02. The van der Waals surface area contributed by atoms with Gasteiger partial charge in [-0.05, 0) is 30.2 Å². The summed E-state index contributed by atoms with van der Waals surface area (Å²) >= 11 is 0. The van der Waals surface area contributed by atoms with Crippen molar-refractivity contribution in [2.24, 2.45) is 12.0 Å². The van der Waals surface area contributed by atoms with Crippen LogP contribution in [0.3, 0.4) is 0 Å². The molecular weight excluding hydrogens is 420 g/mol. The highest BCUT2D eigenvalue weighted by Gasteiger charge is 2.31. The number of hydrogen-bond donors (Lipinski definition) is 1. The first-order valence-electron chi connectivity index (χ1n) is 11.5. The third-order valence-corrected chi connectivity index (χ3v) is 6.48. The topological polar surface area (TPSA) is 53.4 Å². The molecule has 1 aliphatic rings. The number of aromatic nitrogens is 2. The van der Waals surface area contributed by atoms with Crippen LogP contribution >= 0.6 is 0 Å². The van der Waals surface area contributed by atoms with Crippen LogP contribution in [0.4, 0.5) is 0 Å². The van der Waals surface area contributed by atoms with Gasteiger partial charge in [-0.1, -0.05) is 66.7 Å². The van der Waals surface area contributed by atoms with Gasteiger partial charge in [0, 0.05) is 58.9 Å². The number of rotatable bonds is 5. The number of para-hydroxylation sites is 2. The van der Waals surface area contributed by atoms with E-state index in [2.05, 4.69) is 40.0 Å². The molecule has 1 N–H and O–H groups in total. The first-order valence-corrected chi connectivity index (χ1v) is 11.5. The smallest absolute Gasteiger partial charge is 0.278 e. The summed E-state index contributed by atoms with van der Waals surface area (Å²) in [4.78, 5) is 23.6. The number of carbonyl (C=O) groups is 1. The third kappa shape index (κ3) is 3.42. The van der Waals surface area contributed by atoms with Gasteiger partial charge in [0.25, 0.3) is 5.91 Å². The number of hydrogen-bond acceptors (Lipinski definition) is 2. The first kappa shape index (κ1) is 20.2. The second-order valence-corrected chi connectivity index (χ2v) is 8.61. The zero-order valence-electron chi connectivity index (χ0n) is 18.9. The lowest BCUT2D eigenvalue weighted by Crippen LogP contribution is -2.34. The molecule has 0 atom stereocenters. The molecule has 0 saturated heterocycles. The fourth-order valence-corrected chi connectivity index (χ4v) is 4.77. The van der Waals surface area contributed by atoms with E-state index in [1.54, 1.807) is 0 Å². The number of aromatic amines is 1. The third-order valence-electron chi connectivity index (χ3n) is 6.48. The summed E-state index contributed by atoms with van der Waals surface area (Å²) in [6, 6.07) is 26.4. The second kappa shape index (κ2) is 8.19. The van der Waals surface area contributed by atoms with E-state index in [1.807, 2.05) is 78.8 Å². The Hall–Kier alpha value is -4.38. The van der Waals surface area contributed by atoms with Crippen molar-refractivity contribution in [3.8, 4) is 0 Å². The van der Waals surface area contributed by atoms with Crippen molar-refractivity contribution in [3.05, 3.63) is 114 Å². The summed E-state index contributed by atoms with van der Waals surface area (Å²) in [5.74, 6) is 0.642. The van der Waals surface area contributed by atoms with E-state index in [-0.39, 0.29) is 5.91 Å². The minimum atomic E-state index is -0.0633. The van der Waals surface area contributed by atoms with Crippen molar-refractivity contribution in [2.45, 2.75) is 6.42 Å². The molecule has 5 nitrogen and oxygen atoms in total. The number of nitrogens with zero attached hydrogens (tertiary/aromatic N) is 3. The van der Waals surface area contributed by atoms with Crippen LogP contribution in [-0.4, -0.2) is 32.7 Å². The lowest BCUT2D eigenvalue weighted by molar-refractivity contribution is -0.122. The van der Waals surface area contributed by atoms with E-state index in [1.165, 1.54) is 10.9 Å².